The molecule has 0 saturated carbocycles. The monoisotopic (exact) mass is 274 g/mol. The molecule has 0 rings (SSSR count). The summed E-state index contributed by atoms with van der Waals surface area (Å²) >= 11 is -0.417. The first-order chi connectivity index (χ1) is 2.83. The van der Waals surface area contributed by atoms with Gasteiger partial charge in [-0.05, 0) is 0 Å². The Kier molecular flexibility index (Phi) is 31.2. The van der Waals surface area contributed by atoms with Crippen LogP contribution in [0, 0.1) is 4.91 Å². The third-order valence-corrected chi connectivity index (χ3v) is 0. The van der Waals surface area contributed by atoms with Crippen LogP contribution in [-0.4, -0.2) is 5.21 Å². The summed E-state index contributed by atoms with van der Waals surface area (Å²) in [4.78, 5) is 8.11. The average Bonchev–Trinajstić information content (AvgIpc) is 1.39. The summed E-state index contributed by atoms with van der Waals surface area (Å²) in [6.45, 7) is 0. The van der Waals surface area contributed by atoms with Gasteiger partial charge >= 0.3 is 27.6 Å². The van der Waals surface area contributed by atoms with Crippen molar-refractivity contribution in [3.63, 3.8) is 0 Å². The molecule has 0 aromatic rings. The molecule has 5 nitrogen and oxygen atoms in total. The molecule has 6 heavy (non-hydrogen) atoms. The maximum absolute atomic E-state index is 8.11. The van der Waals surface area contributed by atoms with Crippen LogP contribution in [0.25, 0.3) is 0 Å². The van der Waals surface area contributed by atoms with Crippen molar-refractivity contribution in [2.24, 2.45) is 13.9 Å². The van der Waals surface area contributed by atoms with Gasteiger partial charge in [0, 0.05) is 0 Å². The molecule has 5 N–H and O–H groups in total. The number of hydrogen-bond acceptors (Lipinski definition) is 4. The molecule has 42 valence electrons. The second-order valence-corrected chi connectivity index (χ2v) is 0.944. The first kappa shape index (κ1) is 9.38. The van der Waals surface area contributed by atoms with Crippen molar-refractivity contribution in [1.29, 1.82) is 0 Å². The van der Waals surface area contributed by atoms with Gasteiger partial charge in [0.2, 0.25) is 0 Å². The zero-order valence-electron chi connectivity index (χ0n) is 2.77. The quantitative estimate of drug-likeness (QED) is 0.388. The van der Waals surface area contributed by atoms with Crippen LogP contribution < -0.4 is 8.58 Å². The number of nitrogens with zero attached hydrogens (tertiary/aromatic N) is 1. The summed E-state index contributed by atoms with van der Waals surface area (Å²) in [6, 6.07) is 0. The Balaban J connectivity index is 0. The van der Waals surface area contributed by atoms with Crippen LogP contribution in [0.1, 0.15) is 0 Å². The first-order valence-electron chi connectivity index (χ1n) is 0.748. The second kappa shape index (κ2) is 20.0. The van der Waals surface area contributed by atoms with Crippen LogP contribution >= 0.6 is 0 Å². The van der Waals surface area contributed by atoms with Gasteiger partial charge in [-0.3, -0.25) is 0 Å². The summed E-state index contributed by atoms with van der Waals surface area (Å²) in [7, 11) is 0. The average molecular weight is 274 g/mol. The third kappa shape index (κ3) is 525000. The summed E-state index contributed by atoms with van der Waals surface area (Å²) in [6.07, 6.45) is 0. The molecule has 0 fully saturated rings. The molecule has 0 unspecified atom stereocenters. The van der Waals surface area contributed by atoms with Gasteiger partial charge in [-0.2, -0.15) is 0 Å². The van der Waals surface area contributed by atoms with Crippen LogP contribution in [0.5, 0.6) is 0 Å². The Labute approximate surface area is 43.8 Å². The summed E-state index contributed by atoms with van der Waals surface area (Å²) in [5, 5.41) is 7.89. The Hall–Kier alpha value is 0.00831. The number of nitrogens with two attached hydrogens (primary N) is 2. The van der Waals surface area contributed by atoms with Crippen molar-refractivity contribution in [2.45, 2.75) is 0 Å². The Morgan fingerprint density at radius 2 is 1.67 bits per heavy atom. The molecule has 0 atom stereocenters. The first-order valence-corrected chi connectivity index (χ1v) is 3.37. The summed E-state index contributed by atoms with van der Waals surface area (Å²) < 4.78 is 9.47. The molecule has 0 amide bonds. The molecular formula is H5N3O2Pt. The van der Waals surface area contributed by atoms with Gasteiger partial charge < -0.3 is 5.21 Å². The van der Waals surface area contributed by atoms with Gasteiger partial charge in [0.1, 0.15) is 0 Å². The zero-order valence-corrected chi connectivity index (χ0v) is 5.05. The SMILES string of the molecule is O=NO.[NH2][Pt][NH2]. The van der Waals surface area contributed by atoms with Crippen molar-refractivity contribution in [2.75, 3.05) is 0 Å². The van der Waals surface area contributed by atoms with E-state index in [0.29, 0.717) is 0 Å². The Bertz CT molecular complexity index is 22.8. The standard InChI is InChI=1S/HNO2.2H2N.Pt/c2-1-3;;;/h(H,2,3);2*1H2;/q;2*-1;+2. The minimum atomic E-state index is -0.417. The minimum absolute atomic E-state index is 0.417. The van der Waals surface area contributed by atoms with E-state index in [-0.39, 0.29) is 0 Å². The molecule has 0 spiro atoms. The Morgan fingerprint density at radius 1 is 1.67 bits per heavy atom. The van der Waals surface area contributed by atoms with Crippen molar-refractivity contribution in [1.82, 2.24) is 0 Å². The van der Waals surface area contributed by atoms with Gasteiger partial charge in [0.25, 0.3) is 0 Å². The second-order valence-electron chi connectivity index (χ2n) is 0.187. The van der Waals surface area contributed by atoms with Crippen LogP contribution in [0.15, 0.2) is 5.34 Å². The molecule has 0 heterocycles. The summed E-state index contributed by atoms with van der Waals surface area (Å²) in [5.41, 5.74) is 0. The molecule has 0 aromatic carbocycles. The van der Waals surface area contributed by atoms with E-state index in [9.17, 15) is 0 Å². The molecule has 0 aliphatic heterocycles. The molecule has 0 aliphatic carbocycles. The van der Waals surface area contributed by atoms with E-state index in [1.807, 2.05) is 0 Å². The predicted octanol–water partition coefficient (Wildman–Crippen LogP) is -1.04. The topological polar surface area (TPSA) is 102 Å². The zero-order chi connectivity index (χ0) is 5.41. The third-order valence-electron chi connectivity index (χ3n) is 0. The van der Waals surface area contributed by atoms with Crippen LogP contribution in [0.2, 0.25) is 0 Å². The van der Waals surface area contributed by atoms with Gasteiger partial charge in [-0.15, -0.1) is 4.91 Å². The van der Waals surface area contributed by atoms with E-state index in [1.165, 1.54) is 5.34 Å². The van der Waals surface area contributed by atoms with E-state index in [2.05, 4.69) is 0 Å². The molecule has 0 saturated heterocycles. The molecule has 0 aromatic heterocycles. The molecular weight excluding hydrogens is 269 g/mol. The molecule has 0 bridgehead atoms. The Morgan fingerprint density at radius 3 is 1.67 bits per heavy atom. The van der Waals surface area contributed by atoms with Crippen molar-refractivity contribution in [3.05, 3.63) is 4.91 Å². The van der Waals surface area contributed by atoms with Crippen molar-refractivity contribution < 1.29 is 24.3 Å². The van der Waals surface area contributed by atoms with Crippen LogP contribution in [0.4, 0.5) is 0 Å². The van der Waals surface area contributed by atoms with Gasteiger partial charge in [-0.25, -0.2) is 0 Å². The van der Waals surface area contributed by atoms with Crippen LogP contribution in [-0.2, 0) is 19.1 Å². The predicted molar refractivity (Wildman–Crippen MR) is 16.0 cm³/mol. The van der Waals surface area contributed by atoms with Crippen molar-refractivity contribution >= 4 is 0 Å². The normalized spacial score (nSPS) is 5.67. The van der Waals surface area contributed by atoms with Gasteiger partial charge in [0.15, 0.2) is 5.34 Å². The number of rotatable bonds is 0. The van der Waals surface area contributed by atoms with E-state index >= 15 is 0 Å². The van der Waals surface area contributed by atoms with E-state index in [0.717, 1.165) is 0 Å². The summed E-state index contributed by atoms with van der Waals surface area (Å²) in [5.74, 6) is 0. The van der Waals surface area contributed by atoms with Crippen LogP contribution in [0.3, 0.4) is 0 Å². The van der Waals surface area contributed by atoms with E-state index < -0.39 is 19.1 Å². The fourth-order valence-electron chi connectivity index (χ4n) is 0. The molecule has 6 heteroatoms. The van der Waals surface area contributed by atoms with Gasteiger partial charge in [-0.1, -0.05) is 0 Å². The van der Waals surface area contributed by atoms with E-state index in [4.69, 9.17) is 18.7 Å². The fraction of sp³-hybridized carbons (Fsp3) is 0. The maximum atomic E-state index is 8.11. The molecule has 0 aliphatic rings. The van der Waals surface area contributed by atoms with E-state index in [1.54, 1.807) is 0 Å². The number of hydrogen-bond donors (Lipinski definition) is 3. The van der Waals surface area contributed by atoms with Crippen molar-refractivity contribution in [3.8, 4) is 0 Å². The fourth-order valence-corrected chi connectivity index (χ4v) is 0. The van der Waals surface area contributed by atoms with Gasteiger partial charge in [0.05, 0.1) is 0 Å². The molecule has 0 radical (unpaired) electrons.